The van der Waals surface area contributed by atoms with E-state index in [2.05, 4.69) is 4.90 Å². The largest absolute Gasteiger partial charge is 0.303 e. The molecule has 1 aromatic rings. The number of benzene rings is 1. The van der Waals surface area contributed by atoms with E-state index >= 15 is 0 Å². The summed E-state index contributed by atoms with van der Waals surface area (Å²) in [5, 5.41) is 0. The molecule has 2 aliphatic carbocycles. The molecule has 2 nitrogen and oxygen atoms in total. The van der Waals surface area contributed by atoms with Crippen LogP contribution >= 0.6 is 0 Å². The molecule has 27 heavy (non-hydrogen) atoms. The number of likely N-dealkylation sites (tertiary alicyclic amines) is 1. The van der Waals surface area contributed by atoms with Gasteiger partial charge in [0.2, 0.25) is 0 Å². The van der Waals surface area contributed by atoms with Crippen LogP contribution in [0.2, 0.25) is 0 Å². The molecule has 0 radical (unpaired) electrons. The zero-order valence-corrected chi connectivity index (χ0v) is 16.6. The Morgan fingerprint density at radius 2 is 1.70 bits per heavy atom. The van der Waals surface area contributed by atoms with Gasteiger partial charge in [-0.25, -0.2) is 4.39 Å². The Hall–Kier alpha value is -1.22. The molecule has 0 amide bonds. The monoisotopic (exact) mass is 371 g/mol. The Morgan fingerprint density at radius 1 is 1.00 bits per heavy atom. The zero-order chi connectivity index (χ0) is 18.7. The number of Topliss-reactive ketones (excluding diaryl/α,β-unsaturated/α-hetero) is 1. The van der Waals surface area contributed by atoms with Crippen molar-refractivity contribution >= 4 is 5.78 Å². The van der Waals surface area contributed by atoms with Crippen LogP contribution in [0, 0.1) is 23.1 Å². The van der Waals surface area contributed by atoms with Crippen LogP contribution in [0.3, 0.4) is 0 Å². The molecule has 2 saturated carbocycles. The van der Waals surface area contributed by atoms with Crippen LogP contribution in [-0.4, -0.2) is 30.3 Å². The summed E-state index contributed by atoms with van der Waals surface area (Å²) >= 11 is 0. The second-order valence-electron chi connectivity index (χ2n) is 9.42. The highest BCUT2D eigenvalue weighted by molar-refractivity contribution is 5.95. The van der Waals surface area contributed by atoms with E-state index in [1.807, 2.05) is 0 Å². The standard InChI is InChI=1S/C24H34FNO/c25-22-9-7-20(8-10-22)23(27)6-3-15-26-16-13-24(14-17-26)12-11-19-4-1-2-5-21(19)18-24/h7-10,19,21H,1-6,11-18H2. The molecule has 4 rings (SSSR count). The van der Waals surface area contributed by atoms with Gasteiger partial charge in [-0.2, -0.15) is 0 Å². The number of nitrogens with zero attached hydrogens (tertiary/aromatic N) is 1. The van der Waals surface area contributed by atoms with Crippen LogP contribution in [0.1, 0.15) is 81.0 Å². The zero-order valence-electron chi connectivity index (χ0n) is 16.6. The second kappa shape index (κ2) is 8.43. The number of hydrogen-bond donors (Lipinski definition) is 0. The third-order valence-electron chi connectivity index (χ3n) is 7.77. The SMILES string of the molecule is O=C(CCCN1CCC2(CCC3CCCCC3C2)CC1)c1ccc(F)cc1. The van der Waals surface area contributed by atoms with E-state index in [0.29, 0.717) is 17.4 Å². The minimum absolute atomic E-state index is 0.138. The predicted molar refractivity (Wildman–Crippen MR) is 107 cm³/mol. The molecule has 3 heteroatoms. The van der Waals surface area contributed by atoms with Crippen molar-refractivity contribution in [2.24, 2.45) is 17.3 Å². The number of halogens is 1. The summed E-state index contributed by atoms with van der Waals surface area (Å²) in [4.78, 5) is 14.8. The summed E-state index contributed by atoms with van der Waals surface area (Å²) < 4.78 is 13.0. The quantitative estimate of drug-likeness (QED) is 0.604. The van der Waals surface area contributed by atoms with E-state index in [1.54, 1.807) is 12.1 Å². The molecule has 0 aromatic heterocycles. The van der Waals surface area contributed by atoms with E-state index in [4.69, 9.17) is 0 Å². The molecule has 0 N–H and O–H groups in total. The maximum Gasteiger partial charge on any atom is 0.162 e. The van der Waals surface area contributed by atoms with Crippen LogP contribution in [-0.2, 0) is 0 Å². The fourth-order valence-electron chi connectivity index (χ4n) is 6.03. The fourth-order valence-corrected chi connectivity index (χ4v) is 6.03. The fraction of sp³-hybridized carbons (Fsp3) is 0.708. The summed E-state index contributed by atoms with van der Waals surface area (Å²) in [6, 6.07) is 5.95. The van der Waals surface area contributed by atoms with Crippen molar-refractivity contribution < 1.29 is 9.18 Å². The lowest BCUT2D eigenvalue weighted by Crippen LogP contribution is -2.44. The second-order valence-corrected chi connectivity index (χ2v) is 9.42. The van der Waals surface area contributed by atoms with E-state index in [1.165, 1.54) is 83.0 Å². The first kappa shape index (κ1) is 19.1. The summed E-state index contributed by atoms with van der Waals surface area (Å²) in [5.74, 6) is 1.92. The maximum absolute atomic E-state index is 13.0. The number of hydrogen-bond acceptors (Lipinski definition) is 2. The van der Waals surface area contributed by atoms with Gasteiger partial charge in [-0.1, -0.05) is 25.7 Å². The van der Waals surface area contributed by atoms with Crippen LogP contribution in [0.15, 0.2) is 24.3 Å². The lowest BCUT2D eigenvalue weighted by molar-refractivity contribution is 0.00614. The van der Waals surface area contributed by atoms with Crippen molar-refractivity contribution in [3.63, 3.8) is 0 Å². The Balaban J connectivity index is 1.19. The number of piperidine rings is 1. The third-order valence-corrected chi connectivity index (χ3v) is 7.77. The molecule has 1 aromatic carbocycles. The Morgan fingerprint density at radius 3 is 2.44 bits per heavy atom. The minimum Gasteiger partial charge on any atom is -0.303 e. The van der Waals surface area contributed by atoms with E-state index in [9.17, 15) is 9.18 Å². The highest BCUT2D eigenvalue weighted by atomic mass is 19.1. The van der Waals surface area contributed by atoms with Gasteiger partial charge < -0.3 is 4.90 Å². The van der Waals surface area contributed by atoms with Gasteiger partial charge in [0, 0.05) is 12.0 Å². The smallest absolute Gasteiger partial charge is 0.162 e. The van der Waals surface area contributed by atoms with Gasteiger partial charge in [-0.15, -0.1) is 0 Å². The first-order valence-corrected chi connectivity index (χ1v) is 11.1. The summed E-state index contributed by atoms with van der Waals surface area (Å²) in [6.45, 7) is 3.44. The molecule has 1 heterocycles. The summed E-state index contributed by atoms with van der Waals surface area (Å²) in [6.07, 6.45) is 14.6. The third kappa shape index (κ3) is 4.62. The first-order valence-electron chi connectivity index (χ1n) is 11.1. The molecule has 2 unspecified atom stereocenters. The number of carbonyl (C=O) groups excluding carboxylic acids is 1. The normalized spacial score (nSPS) is 28.0. The molecule has 1 spiro atoms. The first-order chi connectivity index (χ1) is 13.1. The van der Waals surface area contributed by atoms with Crippen molar-refractivity contribution in [1.82, 2.24) is 4.90 Å². The van der Waals surface area contributed by atoms with Crippen molar-refractivity contribution in [1.29, 1.82) is 0 Å². The number of ketones is 1. The summed E-state index contributed by atoms with van der Waals surface area (Å²) in [5.41, 5.74) is 1.28. The van der Waals surface area contributed by atoms with Gasteiger partial charge in [0.1, 0.15) is 5.82 Å². The Bertz CT molecular complexity index is 632. The van der Waals surface area contributed by atoms with Crippen molar-refractivity contribution in [3.05, 3.63) is 35.6 Å². The van der Waals surface area contributed by atoms with Gasteiger partial charge in [0.15, 0.2) is 5.78 Å². The highest BCUT2D eigenvalue weighted by Crippen LogP contribution is 2.52. The van der Waals surface area contributed by atoms with Crippen LogP contribution in [0.25, 0.3) is 0 Å². The van der Waals surface area contributed by atoms with Crippen LogP contribution < -0.4 is 0 Å². The van der Waals surface area contributed by atoms with Crippen LogP contribution in [0.5, 0.6) is 0 Å². The number of fused-ring (bicyclic) bond motifs is 1. The Kier molecular flexibility index (Phi) is 5.96. The Labute approximate surface area is 163 Å². The van der Waals surface area contributed by atoms with E-state index in [-0.39, 0.29) is 11.6 Å². The van der Waals surface area contributed by atoms with Crippen molar-refractivity contribution in [2.75, 3.05) is 19.6 Å². The molecule has 148 valence electrons. The molecule has 1 aliphatic heterocycles. The van der Waals surface area contributed by atoms with E-state index < -0.39 is 0 Å². The van der Waals surface area contributed by atoms with Crippen molar-refractivity contribution in [3.8, 4) is 0 Å². The molecule has 3 aliphatic rings. The number of carbonyl (C=O) groups is 1. The lowest BCUT2D eigenvalue weighted by atomic mass is 9.58. The molecule has 1 saturated heterocycles. The molecule has 3 fully saturated rings. The lowest BCUT2D eigenvalue weighted by Gasteiger charge is -2.50. The van der Waals surface area contributed by atoms with Crippen molar-refractivity contribution in [2.45, 2.75) is 70.6 Å². The van der Waals surface area contributed by atoms with E-state index in [0.717, 1.165) is 24.8 Å². The molecular weight excluding hydrogens is 337 g/mol. The molecular formula is C24H34FNO. The molecule has 2 atom stereocenters. The van der Waals surface area contributed by atoms with Gasteiger partial charge in [0.25, 0.3) is 0 Å². The highest BCUT2D eigenvalue weighted by Gasteiger charge is 2.42. The van der Waals surface area contributed by atoms with Gasteiger partial charge >= 0.3 is 0 Å². The topological polar surface area (TPSA) is 20.3 Å². The van der Waals surface area contributed by atoms with Crippen LogP contribution in [0.4, 0.5) is 4.39 Å². The van der Waals surface area contributed by atoms with Gasteiger partial charge in [-0.3, -0.25) is 4.79 Å². The maximum atomic E-state index is 13.0. The predicted octanol–water partition coefficient (Wildman–Crippen LogP) is 5.86. The minimum atomic E-state index is -0.281. The van der Waals surface area contributed by atoms with Gasteiger partial charge in [0.05, 0.1) is 0 Å². The summed E-state index contributed by atoms with van der Waals surface area (Å²) in [7, 11) is 0. The average Bonchev–Trinajstić information content (AvgIpc) is 2.70. The average molecular weight is 372 g/mol. The van der Waals surface area contributed by atoms with Gasteiger partial charge in [-0.05, 0) is 99.7 Å². The number of rotatable bonds is 5. The molecule has 0 bridgehead atoms.